The van der Waals surface area contributed by atoms with Crippen LogP contribution in [0.5, 0.6) is 0 Å². The number of nitro groups is 1. The van der Waals surface area contributed by atoms with Crippen LogP contribution in [-0.2, 0) is 4.79 Å². The molecule has 2 aromatic carbocycles. The Morgan fingerprint density at radius 1 is 1.19 bits per heavy atom. The largest absolute Gasteiger partial charge is 0.366 e. The van der Waals surface area contributed by atoms with E-state index in [4.69, 9.17) is 11.6 Å². The van der Waals surface area contributed by atoms with Crippen molar-refractivity contribution in [2.45, 2.75) is 25.8 Å². The predicted octanol–water partition coefficient (Wildman–Crippen LogP) is 4.34. The molecule has 1 unspecified atom stereocenters. The standard InChI is InChI=1S/C20H22ClN3O3/c1-14(16-6-2-3-7-17(16)21)22-20(25)15-10-12-23(13-11-15)18-8-4-5-9-19(18)24(26)27/h2-9,14-15H,10-13H2,1H3,(H,22,25). The highest BCUT2D eigenvalue weighted by molar-refractivity contribution is 6.31. The summed E-state index contributed by atoms with van der Waals surface area (Å²) in [4.78, 5) is 25.5. The van der Waals surface area contributed by atoms with Crippen molar-refractivity contribution in [3.05, 3.63) is 69.2 Å². The maximum absolute atomic E-state index is 12.6. The fourth-order valence-electron chi connectivity index (χ4n) is 3.50. The number of nitrogens with zero attached hydrogens (tertiary/aromatic N) is 2. The first-order chi connectivity index (χ1) is 13.0. The number of hydrogen-bond donors (Lipinski definition) is 1. The van der Waals surface area contributed by atoms with E-state index in [9.17, 15) is 14.9 Å². The lowest BCUT2D eigenvalue weighted by Crippen LogP contribution is -2.41. The van der Waals surface area contributed by atoms with Gasteiger partial charge >= 0.3 is 0 Å². The SMILES string of the molecule is CC(NC(=O)C1CCN(c2ccccc2[N+](=O)[O-])CC1)c1ccccc1Cl. The van der Waals surface area contributed by atoms with Crippen molar-refractivity contribution in [1.29, 1.82) is 0 Å². The van der Waals surface area contributed by atoms with E-state index >= 15 is 0 Å². The maximum atomic E-state index is 12.6. The summed E-state index contributed by atoms with van der Waals surface area (Å²) in [6, 6.07) is 14.0. The van der Waals surface area contributed by atoms with Gasteiger partial charge in [0.25, 0.3) is 5.69 Å². The van der Waals surface area contributed by atoms with Gasteiger partial charge in [0.2, 0.25) is 5.91 Å². The molecule has 1 amide bonds. The molecule has 1 fully saturated rings. The van der Waals surface area contributed by atoms with Crippen LogP contribution in [0.1, 0.15) is 31.4 Å². The number of para-hydroxylation sites is 2. The summed E-state index contributed by atoms with van der Waals surface area (Å²) in [5.74, 6) is -0.0985. The van der Waals surface area contributed by atoms with E-state index in [2.05, 4.69) is 5.32 Å². The molecule has 27 heavy (non-hydrogen) atoms. The van der Waals surface area contributed by atoms with Crippen molar-refractivity contribution in [2.24, 2.45) is 5.92 Å². The normalized spacial score (nSPS) is 16.0. The number of anilines is 1. The van der Waals surface area contributed by atoms with E-state index in [0.717, 1.165) is 5.56 Å². The van der Waals surface area contributed by atoms with Gasteiger partial charge in [0.1, 0.15) is 5.69 Å². The quantitative estimate of drug-likeness (QED) is 0.611. The molecule has 0 radical (unpaired) electrons. The van der Waals surface area contributed by atoms with Crippen LogP contribution >= 0.6 is 11.6 Å². The highest BCUT2D eigenvalue weighted by Crippen LogP contribution is 2.31. The third kappa shape index (κ3) is 4.39. The lowest BCUT2D eigenvalue weighted by atomic mass is 9.94. The number of benzene rings is 2. The maximum Gasteiger partial charge on any atom is 0.292 e. The second-order valence-electron chi connectivity index (χ2n) is 6.76. The topological polar surface area (TPSA) is 75.5 Å². The number of piperidine rings is 1. The molecule has 0 spiro atoms. The van der Waals surface area contributed by atoms with Gasteiger partial charge < -0.3 is 10.2 Å². The summed E-state index contributed by atoms with van der Waals surface area (Å²) in [5.41, 5.74) is 1.61. The number of hydrogen-bond acceptors (Lipinski definition) is 4. The average Bonchev–Trinajstić information content (AvgIpc) is 2.68. The van der Waals surface area contributed by atoms with Gasteiger partial charge in [-0.1, -0.05) is 41.9 Å². The lowest BCUT2D eigenvalue weighted by molar-refractivity contribution is -0.384. The number of nitrogens with one attached hydrogen (secondary N) is 1. The molecular weight excluding hydrogens is 366 g/mol. The minimum Gasteiger partial charge on any atom is -0.366 e. The summed E-state index contributed by atoms with van der Waals surface area (Å²) >= 11 is 6.20. The Morgan fingerprint density at radius 3 is 2.48 bits per heavy atom. The summed E-state index contributed by atoms with van der Waals surface area (Å²) in [5, 5.41) is 14.9. The molecule has 0 bridgehead atoms. The molecular formula is C20H22ClN3O3. The van der Waals surface area contributed by atoms with Crippen LogP contribution in [0, 0.1) is 16.0 Å². The van der Waals surface area contributed by atoms with Crippen molar-refractivity contribution in [3.63, 3.8) is 0 Å². The molecule has 1 heterocycles. The van der Waals surface area contributed by atoms with Crippen LogP contribution in [0.4, 0.5) is 11.4 Å². The summed E-state index contributed by atoms with van der Waals surface area (Å²) < 4.78 is 0. The number of nitro benzene ring substituents is 1. The number of halogens is 1. The van der Waals surface area contributed by atoms with Crippen LogP contribution in [0.25, 0.3) is 0 Å². The van der Waals surface area contributed by atoms with Gasteiger partial charge in [0.05, 0.1) is 11.0 Å². The third-order valence-corrected chi connectivity index (χ3v) is 5.36. The molecule has 1 atom stereocenters. The van der Waals surface area contributed by atoms with Gasteiger partial charge in [-0.25, -0.2) is 0 Å². The molecule has 7 heteroatoms. The first-order valence-corrected chi connectivity index (χ1v) is 9.38. The average molecular weight is 388 g/mol. The predicted molar refractivity (Wildman–Crippen MR) is 106 cm³/mol. The lowest BCUT2D eigenvalue weighted by Gasteiger charge is -2.33. The molecule has 1 saturated heterocycles. The molecule has 0 aliphatic carbocycles. The number of rotatable bonds is 5. The Hall–Kier alpha value is -2.60. The van der Waals surface area contributed by atoms with Gasteiger partial charge in [-0.05, 0) is 37.5 Å². The second-order valence-corrected chi connectivity index (χ2v) is 7.17. The van der Waals surface area contributed by atoms with Crippen molar-refractivity contribution in [1.82, 2.24) is 5.32 Å². The minimum atomic E-state index is -0.362. The zero-order chi connectivity index (χ0) is 19.4. The molecule has 0 aromatic heterocycles. The second kappa shape index (κ2) is 8.39. The molecule has 6 nitrogen and oxygen atoms in total. The van der Waals surface area contributed by atoms with Crippen LogP contribution in [-0.4, -0.2) is 23.9 Å². The first kappa shape index (κ1) is 19.2. The third-order valence-electron chi connectivity index (χ3n) is 5.02. The van der Waals surface area contributed by atoms with Crippen molar-refractivity contribution < 1.29 is 9.72 Å². The molecule has 1 aliphatic heterocycles. The Bertz CT molecular complexity index is 835. The molecule has 1 aliphatic rings. The number of carbonyl (C=O) groups is 1. The summed E-state index contributed by atoms with van der Waals surface area (Å²) in [7, 11) is 0. The van der Waals surface area contributed by atoms with Gasteiger partial charge in [0, 0.05) is 30.1 Å². The minimum absolute atomic E-state index is 0.00429. The number of carbonyl (C=O) groups excluding carboxylic acids is 1. The van der Waals surface area contributed by atoms with E-state index in [1.807, 2.05) is 36.1 Å². The van der Waals surface area contributed by atoms with Crippen LogP contribution in [0.3, 0.4) is 0 Å². The zero-order valence-electron chi connectivity index (χ0n) is 15.1. The van der Waals surface area contributed by atoms with Crippen LogP contribution in [0.2, 0.25) is 5.02 Å². The fraction of sp³-hybridized carbons (Fsp3) is 0.350. The first-order valence-electron chi connectivity index (χ1n) is 9.00. The highest BCUT2D eigenvalue weighted by atomic mass is 35.5. The fourth-order valence-corrected chi connectivity index (χ4v) is 3.80. The van der Waals surface area contributed by atoms with Crippen molar-refractivity contribution in [3.8, 4) is 0 Å². The molecule has 142 valence electrons. The van der Waals surface area contributed by atoms with Gasteiger partial charge in [0.15, 0.2) is 0 Å². The van der Waals surface area contributed by atoms with Crippen LogP contribution in [0.15, 0.2) is 48.5 Å². The van der Waals surface area contributed by atoms with E-state index in [0.29, 0.717) is 36.6 Å². The molecule has 2 aromatic rings. The van der Waals surface area contributed by atoms with Gasteiger partial charge in [-0.3, -0.25) is 14.9 Å². The van der Waals surface area contributed by atoms with Gasteiger partial charge in [-0.2, -0.15) is 0 Å². The van der Waals surface area contributed by atoms with Crippen molar-refractivity contribution in [2.75, 3.05) is 18.0 Å². The number of amides is 1. The summed E-state index contributed by atoms with van der Waals surface area (Å²) in [6.07, 6.45) is 1.32. The summed E-state index contributed by atoms with van der Waals surface area (Å²) in [6.45, 7) is 3.15. The molecule has 0 saturated carbocycles. The van der Waals surface area contributed by atoms with E-state index < -0.39 is 0 Å². The van der Waals surface area contributed by atoms with Gasteiger partial charge in [-0.15, -0.1) is 0 Å². The van der Waals surface area contributed by atoms with E-state index in [1.165, 1.54) is 6.07 Å². The Kier molecular flexibility index (Phi) is 5.96. The Labute approximate surface area is 163 Å². The Balaban J connectivity index is 1.60. The molecule has 3 rings (SSSR count). The Morgan fingerprint density at radius 2 is 1.81 bits per heavy atom. The monoisotopic (exact) mass is 387 g/mol. The molecule has 1 N–H and O–H groups in total. The highest BCUT2D eigenvalue weighted by Gasteiger charge is 2.28. The van der Waals surface area contributed by atoms with E-state index in [-0.39, 0.29) is 28.5 Å². The zero-order valence-corrected chi connectivity index (χ0v) is 15.9. The van der Waals surface area contributed by atoms with Crippen LogP contribution < -0.4 is 10.2 Å². The smallest absolute Gasteiger partial charge is 0.292 e. The van der Waals surface area contributed by atoms with E-state index in [1.54, 1.807) is 18.2 Å². The van der Waals surface area contributed by atoms with Crippen molar-refractivity contribution >= 4 is 28.9 Å².